The van der Waals surface area contributed by atoms with Crippen LogP contribution in [0.25, 0.3) is 11.3 Å². The predicted octanol–water partition coefficient (Wildman–Crippen LogP) is 3.31. The molecule has 2 rings (SSSR count). The Bertz CT molecular complexity index is 512. The summed E-state index contributed by atoms with van der Waals surface area (Å²) >= 11 is 1.65. The lowest BCUT2D eigenvalue weighted by Crippen LogP contribution is -2.31. The molecule has 0 bridgehead atoms. The maximum absolute atomic E-state index is 9.90. The lowest BCUT2D eigenvalue weighted by molar-refractivity contribution is 0.113. The lowest BCUT2D eigenvalue weighted by Gasteiger charge is -2.17. The van der Waals surface area contributed by atoms with Crippen LogP contribution in [0.2, 0.25) is 0 Å². The van der Waals surface area contributed by atoms with E-state index in [0.717, 1.165) is 22.7 Å². The Kier molecular flexibility index (Phi) is 5.71. The second-order valence-electron chi connectivity index (χ2n) is 5.08. The number of aliphatic hydroxyl groups is 1. The molecule has 108 valence electrons. The van der Waals surface area contributed by atoms with Crippen LogP contribution in [0.15, 0.2) is 35.7 Å². The number of nitrogens with zero attached hydrogens (tertiary/aromatic N) is 1. The van der Waals surface area contributed by atoms with Gasteiger partial charge in [-0.3, -0.25) is 0 Å². The van der Waals surface area contributed by atoms with Gasteiger partial charge in [-0.15, -0.1) is 11.3 Å². The molecule has 0 saturated heterocycles. The number of aliphatic hydroxyl groups excluding tert-OH is 1. The summed E-state index contributed by atoms with van der Waals surface area (Å²) in [6.07, 6.45) is 0.715. The molecular weight excluding hydrogens is 268 g/mol. The number of aromatic nitrogens is 1. The van der Waals surface area contributed by atoms with E-state index in [-0.39, 0.29) is 6.10 Å². The molecule has 0 fully saturated rings. The molecule has 0 radical (unpaired) electrons. The van der Waals surface area contributed by atoms with E-state index in [9.17, 15) is 5.11 Å². The number of thiazole rings is 1. The lowest BCUT2D eigenvalue weighted by atomic mass is 10.0. The van der Waals surface area contributed by atoms with Crippen molar-refractivity contribution in [2.24, 2.45) is 5.92 Å². The van der Waals surface area contributed by atoms with Gasteiger partial charge < -0.3 is 10.4 Å². The molecule has 1 heterocycles. The zero-order chi connectivity index (χ0) is 14.4. The van der Waals surface area contributed by atoms with Crippen molar-refractivity contribution in [2.45, 2.75) is 32.9 Å². The Morgan fingerprint density at radius 3 is 2.75 bits per heavy atom. The van der Waals surface area contributed by atoms with Crippen molar-refractivity contribution in [1.29, 1.82) is 0 Å². The molecule has 2 N–H and O–H groups in total. The van der Waals surface area contributed by atoms with Crippen LogP contribution >= 0.6 is 11.3 Å². The van der Waals surface area contributed by atoms with Gasteiger partial charge in [0.25, 0.3) is 0 Å². The molecule has 0 aliphatic carbocycles. The van der Waals surface area contributed by atoms with E-state index in [1.165, 1.54) is 0 Å². The van der Waals surface area contributed by atoms with Crippen molar-refractivity contribution in [3.63, 3.8) is 0 Å². The summed E-state index contributed by atoms with van der Waals surface area (Å²) in [4.78, 5) is 4.62. The van der Waals surface area contributed by atoms with Gasteiger partial charge in [-0.05, 0) is 5.92 Å². The molecule has 0 aliphatic rings. The van der Waals surface area contributed by atoms with Crippen LogP contribution in [0, 0.1) is 5.92 Å². The normalized spacial score (nSPS) is 14.2. The van der Waals surface area contributed by atoms with Gasteiger partial charge in [0.2, 0.25) is 0 Å². The molecule has 2 atom stereocenters. The van der Waals surface area contributed by atoms with E-state index in [1.54, 1.807) is 11.3 Å². The third kappa shape index (κ3) is 4.13. The van der Waals surface area contributed by atoms with Gasteiger partial charge in [-0.1, -0.05) is 50.6 Å². The van der Waals surface area contributed by atoms with E-state index in [4.69, 9.17) is 0 Å². The van der Waals surface area contributed by atoms with Crippen LogP contribution in [0.3, 0.4) is 0 Å². The molecule has 0 saturated carbocycles. The second-order valence-corrected chi connectivity index (χ2v) is 6.02. The molecular formula is C16H22N2OS. The van der Waals surface area contributed by atoms with Gasteiger partial charge in [0.05, 0.1) is 11.8 Å². The zero-order valence-electron chi connectivity index (χ0n) is 12.0. The Balaban J connectivity index is 1.85. The molecule has 2 unspecified atom stereocenters. The minimum Gasteiger partial charge on any atom is -0.392 e. The molecule has 20 heavy (non-hydrogen) atoms. The quantitative estimate of drug-likeness (QED) is 0.822. The zero-order valence-corrected chi connectivity index (χ0v) is 12.9. The topological polar surface area (TPSA) is 45.1 Å². The largest absolute Gasteiger partial charge is 0.392 e. The first-order valence-electron chi connectivity index (χ1n) is 7.09. The van der Waals surface area contributed by atoms with Crippen LogP contribution in [0.5, 0.6) is 0 Å². The maximum atomic E-state index is 9.90. The predicted molar refractivity (Wildman–Crippen MR) is 84.7 cm³/mol. The first kappa shape index (κ1) is 15.2. The van der Waals surface area contributed by atoms with Gasteiger partial charge in [0, 0.05) is 24.0 Å². The van der Waals surface area contributed by atoms with E-state index in [0.29, 0.717) is 19.0 Å². The Morgan fingerprint density at radius 1 is 1.30 bits per heavy atom. The first-order chi connectivity index (χ1) is 9.70. The van der Waals surface area contributed by atoms with Crippen LogP contribution in [0.1, 0.15) is 25.3 Å². The first-order valence-corrected chi connectivity index (χ1v) is 7.97. The summed E-state index contributed by atoms with van der Waals surface area (Å²) < 4.78 is 0. The van der Waals surface area contributed by atoms with Crippen molar-refractivity contribution in [1.82, 2.24) is 10.3 Å². The van der Waals surface area contributed by atoms with E-state index >= 15 is 0 Å². The average molecular weight is 290 g/mol. The fourth-order valence-electron chi connectivity index (χ4n) is 1.93. The SMILES string of the molecule is CCC(C)C(O)CNCc1nc(-c2ccccc2)cs1. The Hall–Kier alpha value is -1.23. The molecule has 0 aliphatic heterocycles. The van der Waals surface area contributed by atoms with Crippen LogP contribution < -0.4 is 5.32 Å². The maximum Gasteiger partial charge on any atom is 0.107 e. The van der Waals surface area contributed by atoms with Crippen LogP contribution in [-0.4, -0.2) is 22.7 Å². The summed E-state index contributed by atoms with van der Waals surface area (Å²) in [5.74, 6) is 0.332. The molecule has 3 nitrogen and oxygen atoms in total. The van der Waals surface area contributed by atoms with Gasteiger partial charge in [0.15, 0.2) is 0 Å². The second kappa shape index (κ2) is 7.53. The highest BCUT2D eigenvalue weighted by Gasteiger charge is 2.11. The number of benzene rings is 1. The molecule has 2 aromatic rings. The van der Waals surface area contributed by atoms with Gasteiger partial charge in [-0.25, -0.2) is 4.98 Å². The monoisotopic (exact) mass is 290 g/mol. The minimum atomic E-state index is -0.284. The van der Waals surface area contributed by atoms with E-state index in [2.05, 4.69) is 41.7 Å². The third-order valence-corrected chi connectivity index (χ3v) is 4.40. The summed E-state index contributed by atoms with van der Waals surface area (Å²) in [7, 11) is 0. The summed E-state index contributed by atoms with van der Waals surface area (Å²) in [6.45, 7) is 5.50. The molecule has 1 aromatic carbocycles. The number of nitrogens with one attached hydrogen (secondary N) is 1. The Morgan fingerprint density at radius 2 is 2.05 bits per heavy atom. The van der Waals surface area contributed by atoms with E-state index in [1.807, 2.05) is 18.2 Å². The van der Waals surface area contributed by atoms with Gasteiger partial charge in [-0.2, -0.15) is 0 Å². The van der Waals surface area contributed by atoms with Crippen molar-refractivity contribution < 1.29 is 5.11 Å². The van der Waals surface area contributed by atoms with Crippen molar-refractivity contribution in [3.05, 3.63) is 40.7 Å². The molecule has 0 amide bonds. The average Bonchev–Trinajstić information content (AvgIpc) is 2.96. The molecule has 4 heteroatoms. The van der Waals surface area contributed by atoms with Crippen LogP contribution in [0.4, 0.5) is 0 Å². The molecule has 0 spiro atoms. The van der Waals surface area contributed by atoms with Gasteiger partial charge >= 0.3 is 0 Å². The number of rotatable bonds is 7. The van der Waals surface area contributed by atoms with Crippen molar-refractivity contribution in [2.75, 3.05) is 6.54 Å². The molecule has 1 aromatic heterocycles. The fraction of sp³-hybridized carbons (Fsp3) is 0.438. The number of hydrogen-bond acceptors (Lipinski definition) is 4. The fourth-order valence-corrected chi connectivity index (χ4v) is 2.71. The highest BCUT2D eigenvalue weighted by atomic mass is 32.1. The van der Waals surface area contributed by atoms with E-state index < -0.39 is 0 Å². The van der Waals surface area contributed by atoms with Crippen molar-refractivity contribution in [3.8, 4) is 11.3 Å². The standard InChI is InChI=1S/C16H22N2OS/c1-3-12(2)15(19)9-17-10-16-18-14(11-20-16)13-7-5-4-6-8-13/h4-8,11-12,15,17,19H,3,9-10H2,1-2H3. The summed E-state index contributed by atoms with van der Waals surface area (Å²) in [5.41, 5.74) is 2.17. The van der Waals surface area contributed by atoms with Crippen molar-refractivity contribution >= 4 is 11.3 Å². The minimum absolute atomic E-state index is 0.284. The highest BCUT2D eigenvalue weighted by molar-refractivity contribution is 7.09. The van der Waals surface area contributed by atoms with Crippen LogP contribution in [-0.2, 0) is 6.54 Å². The number of hydrogen-bond donors (Lipinski definition) is 2. The van der Waals surface area contributed by atoms with Gasteiger partial charge in [0.1, 0.15) is 5.01 Å². The summed E-state index contributed by atoms with van der Waals surface area (Å²) in [6, 6.07) is 10.2. The highest BCUT2D eigenvalue weighted by Crippen LogP contribution is 2.21. The smallest absolute Gasteiger partial charge is 0.107 e. The third-order valence-electron chi connectivity index (χ3n) is 3.55. The Labute approximate surface area is 124 Å². The summed E-state index contributed by atoms with van der Waals surface area (Å²) in [5, 5.41) is 16.3.